The van der Waals surface area contributed by atoms with Gasteiger partial charge in [0.05, 0.1) is 42.6 Å². The molecule has 42 heavy (non-hydrogen) atoms. The Morgan fingerprint density at radius 1 is 0.857 bits per heavy atom. The van der Waals surface area contributed by atoms with E-state index in [1.807, 2.05) is 0 Å². The summed E-state index contributed by atoms with van der Waals surface area (Å²) in [5, 5.41) is 9.42. The van der Waals surface area contributed by atoms with Crippen LogP contribution in [0.25, 0.3) is 0 Å². The highest BCUT2D eigenvalue weighted by atomic mass is 28.4. The third kappa shape index (κ3) is 6.09. The number of hydrogen-bond donors (Lipinski definition) is 1. The van der Waals surface area contributed by atoms with Crippen LogP contribution in [0, 0.1) is 35.5 Å². The standard InChI is InChI=1S/C29H42O12Si/c1-29(2,3)42(6,7)41-28-22-16(9-10-17(22)24(32)35-4)20(13-38-28)26(34)40-14-39-25(33)18-11-8-15-19(23(30)31)12-37-27(36-5)21(15)18/h12-13,15-18,21-22,27-28H,8-11,14H2,1-7H3,(H,30,31). The molecule has 0 radical (unpaired) electrons. The molecule has 0 aromatic rings. The lowest BCUT2D eigenvalue weighted by atomic mass is 9.83. The molecule has 1 N–H and O–H groups in total. The minimum absolute atomic E-state index is 0.0893. The molecule has 2 aliphatic heterocycles. The molecular weight excluding hydrogens is 568 g/mol. The fourth-order valence-electron chi connectivity index (χ4n) is 6.40. The van der Waals surface area contributed by atoms with E-state index in [9.17, 15) is 24.3 Å². The first-order valence-electron chi connectivity index (χ1n) is 14.3. The van der Waals surface area contributed by atoms with E-state index in [0.717, 1.165) is 0 Å². The van der Waals surface area contributed by atoms with E-state index in [1.165, 1.54) is 26.7 Å². The molecule has 234 valence electrons. The van der Waals surface area contributed by atoms with E-state index >= 15 is 0 Å². The maximum atomic E-state index is 13.2. The maximum absolute atomic E-state index is 13.2. The van der Waals surface area contributed by atoms with E-state index in [4.69, 9.17) is 32.8 Å². The first-order valence-corrected chi connectivity index (χ1v) is 17.2. The molecule has 4 aliphatic rings. The van der Waals surface area contributed by atoms with Crippen LogP contribution >= 0.6 is 0 Å². The molecule has 2 fully saturated rings. The fraction of sp³-hybridized carbons (Fsp3) is 0.724. The zero-order valence-electron chi connectivity index (χ0n) is 25.2. The average molecular weight is 611 g/mol. The lowest BCUT2D eigenvalue weighted by Crippen LogP contribution is -2.50. The molecule has 2 saturated carbocycles. The number of hydrogen-bond acceptors (Lipinski definition) is 11. The number of ether oxygens (including phenoxy) is 6. The van der Waals surface area contributed by atoms with Crippen LogP contribution in [0.15, 0.2) is 23.7 Å². The van der Waals surface area contributed by atoms with Gasteiger partial charge in [-0.15, -0.1) is 0 Å². The summed E-state index contributed by atoms with van der Waals surface area (Å²) >= 11 is 0. The quantitative estimate of drug-likeness (QED) is 0.230. The van der Waals surface area contributed by atoms with Crippen LogP contribution in [0.3, 0.4) is 0 Å². The highest BCUT2D eigenvalue weighted by Crippen LogP contribution is 2.50. The summed E-state index contributed by atoms with van der Waals surface area (Å²) < 4.78 is 39.0. The smallest absolute Gasteiger partial charge is 0.340 e. The van der Waals surface area contributed by atoms with E-state index in [0.29, 0.717) is 25.7 Å². The molecule has 8 atom stereocenters. The molecular formula is C29H42O12Si. The molecule has 2 aliphatic carbocycles. The van der Waals surface area contributed by atoms with Crippen molar-refractivity contribution in [3.05, 3.63) is 23.7 Å². The maximum Gasteiger partial charge on any atom is 0.340 e. The van der Waals surface area contributed by atoms with Crippen LogP contribution in [0.4, 0.5) is 0 Å². The number of fused-ring (bicyclic) bond motifs is 2. The van der Waals surface area contributed by atoms with Gasteiger partial charge in [0.1, 0.15) is 0 Å². The monoisotopic (exact) mass is 610 g/mol. The second-order valence-electron chi connectivity index (χ2n) is 12.8. The van der Waals surface area contributed by atoms with Crippen LogP contribution < -0.4 is 0 Å². The predicted molar refractivity (Wildman–Crippen MR) is 147 cm³/mol. The van der Waals surface area contributed by atoms with Crippen molar-refractivity contribution in [2.45, 2.75) is 77.2 Å². The summed E-state index contributed by atoms with van der Waals surface area (Å²) in [6, 6.07) is 0. The molecule has 0 aromatic carbocycles. The summed E-state index contributed by atoms with van der Waals surface area (Å²) in [6.45, 7) is 9.87. The lowest BCUT2D eigenvalue weighted by molar-refractivity contribution is -0.182. The number of esters is 3. The van der Waals surface area contributed by atoms with E-state index in [2.05, 4.69) is 33.9 Å². The van der Waals surface area contributed by atoms with Crippen molar-refractivity contribution in [2.24, 2.45) is 35.5 Å². The third-order valence-electron chi connectivity index (χ3n) is 9.65. The highest BCUT2D eigenvalue weighted by Gasteiger charge is 2.54. The zero-order valence-corrected chi connectivity index (χ0v) is 26.2. The van der Waals surface area contributed by atoms with Gasteiger partial charge in [-0.1, -0.05) is 20.8 Å². The van der Waals surface area contributed by atoms with Gasteiger partial charge in [0.25, 0.3) is 0 Å². The second kappa shape index (κ2) is 12.4. The van der Waals surface area contributed by atoms with E-state index in [1.54, 1.807) is 0 Å². The number of methoxy groups -OCH3 is 2. The normalized spacial score (nSPS) is 32.3. The Bertz CT molecular complexity index is 1140. The molecule has 0 aromatic heterocycles. The van der Waals surface area contributed by atoms with Gasteiger partial charge < -0.3 is 38.0 Å². The molecule has 2 heterocycles. The molecule has 0 amide bonds. The summed E-state index contributed by atoms with van der Waals surface area (Å²) in [4.78, 5) is 50.5. The molecule has 0 spiro atoms. The summed E-state index contributed by atoms with van der Waals surface area (Å²) in [6.07, 6.45) is 2.87. The van der Waals surface area contributed by atoms with Crippen molar-refractivity contribution < 1.29 is 57.1 Å². The van der Waals surface area contributed by atoms with Gasteiger partial charge >= 0.3 is 23.9 Å². The number of carboxylic acid groups (broad SMARTS) is 1. The highest BCUT2D eigenvalue weighted by molar-refractivity contribution is 6.74. The van der Waals surface area contributed by atoms with Gasteiger partial charge in [-0.05, 0) is 43.8 Å². The Labute approximate surface area is 246 Å². The molecule has 13 heteroatoms. The van der Waals surface area contributed by atoms with Crippen LogP contribution in [0.5, 0.6) is 0 Å². The number of carbonyl (C=O) groups is 4. The summed E-state index contributed by atoms with van der Waals surface area (Å²) in [7, 11) is 0.471. The Balaban J connectivity index is 1.41. The average Bonchev–Trinajstić information content (AvgIpc) is 3.57. The van der Waals surface area contributed by atoms with Crippen LogP contribution in [0.1, 0.15) is 46.5 Å². The zero-order chi connectivity index (χ0) is 31.0. The second-order valence-corrected chi connectivity index (χ2v) is 17.6. The van der Waals surface area contributed by atoms with Crippen molar-refractivity contribution in [3.63, 3.8) is 0 Å². The van der Waals surface area contributed by atoms with Crippen LogP contribution in [-0.2, 0) is 52.0 Å². The van der Waals surface area contributed by atoms with Crippen LogP contribution in [-0.4, -0.2) is 70.9 Å². The first kappa shape index (κ1) is 32.0. The Kier molecular flexibility index (Phi) is 9.43. The minimum Gasteiger partial charge on any atom is -0.478 e. The number of carboxylic acids is 1. The first-order chi connectivity index (χ1) is 19.7. The van der Waals surface area contributed by atoms with Crippen molar-refractivity contribution in [3.8, 4) is 0 Å². The third-order valence-corrected chi connectivity index (χ3v) is 14.1. The predicted octanol–water partition coefficient (Wildman–Crippen LogP) is 3.72. The van der Waals surface area contributed by atoms with Gasteiger partial charge in [0, 0.05) is 30.8 Å². The van der Waals surface area contributed by atoms with Gasteiger partial charge in [0.15, 0.2) is 14.6 Å². The SMILES string of the molecule is COC(=O)C1CCC2C(C(=O)OCOC(=O)C3CCC4C(C(=O)O)=COC(OC)C34)=COC(O[Si](C)(C)C(C)(C)C)C12. The molecule has 8 unspecified atom stereocenters. The number of aliphatic carboxylic acids is 1. The Morgan fingerprint density at radius 3 is 1.98 bits per heavy atom. The molecule has 4 rings (SSSR count). The topological polar surface area (TPSA) is 153 Å². The van der Waals surface area contributed by atoms with Gasteiger partial charge in [-0.3, -0.25) is 9.59 Å². The summed E-state index contributed by atoms with van der Waals surface area (Å²) in [5.41, 5.74) is 0.335. The van der Waals surface area contributed by atoms with Gasteiger partial charge in [-0.25, -0.2) is 9.59 Å². The van der Waals surface area contributed by atoms with E-state index < -0.39 is 75.2 Å². The lowest BCUT2D eigenvalue weighted by Gasteiger charge is -2.43. The van der Waals surface area contributed by atoms with Crippen molar-refractivity contribution >= 4 is 32.2 Å². The molecule has 0 saturated heterocycles. The van der Waals surface area contributed by atoms with Gasteiger partial charge in [0.2, 0.25) is 13.1 Å². The molecule has 12 nitrogen and oxygen atoms in total. The number of rotatable bonds is 9. The summed E-state index contributed by atoms with van der Waals surface area (Å²) in [5.74, 6) is -5.80. The number of carbonyl (C=O) groups excluding carboxylic acids is 3. The molecule has 0 bridgehead atoms. The Hall–Kier alpha value is -2.90. The van der Waals surface area contributed by atoms with Crippen molar-refractivity contribution in [2.75, 3.05) is 21.0 Å². The largest absolute Gasteiger partial charge is 0.478 e. The van der Waals surface area contributed by atoms with Crippen molar-refractivity contribution in [1.82, 2.24) is 0 Å². The fourth-order valence-corrected chi connectivity index (χ4v) is 7.54. The minimum atomic E-state index is -2.29. The van der Waals surface area contributed by atoms with Gasteiger partial charge in [-0.2, -0.15) is 0 Å². The van der Waals surface area contributed by atoms with Crippen molar-refractivity contribution in [1.29, 1.82) is 0 Å². The van der Waals surface area contributed by atoms with Crippen LogP contribution in [0.2, 0.25) is 18.1 Å². The van der Waals surface area contributed by atoms with E-state index in [-0.39, 0.29) is 28.1 Å². The Morgan fingerprint density at radius 2 is 1.40 bits per heavy atom.